The van der Waals surface area contributed by atoms with Gasteiger partial charge in [0.05, 0.1) is 38.1 Å². The summed E-state index contributed by atoms with van der Waals surface area (Å²) >= 11 is 0. The Hall–Kier alpha value is -3.85. The number of sulfone groups is 1. The van der Waals surface area contributed by atoms with E-state index in [9.17, 15) is 8.42 Å². The zero-order chi connectivity index (χ0) is 23.4. The SMILES string of the molecule is COc1cc(Nc2nc3ccccc3nc2S(=O)(=O)Cc2ccccc2)cc(OC)c1OC. The predicted molar refractivity (Wildman–Crippen MR) is 126 cm³/mol. The third-order valence-electron chi connectivity index (χ3n) is 4.96. The second kappa shape index (κ2) is 9.33. The van der Waals surface area contributed by atoms with Gasteiger partial charge in [0.25, 0.3) is 0 Å². The molecule has 0 spiro atoms. The number of aromatic nitrogens is 2. The molecule has 1 N–H and O–H groups in total. The average Bonchev–Trinajstić information content (AvgIpc) is 2.83. The molecule has 170 valence electrons. The minimum atomic E-state index is -3.82. The molecule has 0 bridgehead atoms. The van der Waals surface area contributed by atoms with Gasteiger partial charge in [-0.3, -0.25) is 0 Å². The standard InChI is InChI=1S/C24H23N3O5S/c1-30-20-13-17(14-21(31-2)22(20)32-3)25-23-24(27-19-12-8-7-11-18(19)26-23)33(28,29)15-16-9-5-4-6-10-16/h4-14H,15H2,1-3H3,(H,25,26). The van der Waals surface area contributed by atoms with Crippen molar-refractivity contribution in [3.63, 3.8) is 0 Å². The molecule has 4 rings (SSSR count). The lowest BCUT2D eigenvalue weighted by atomic mass is 10.2. The van der Waals surface area contributed by atoms with Gasteiger partial charge in [-0.25, -0.2) is 18.4 Å². The van der Waals surface area contributed by atoms with Crippen LogP contribution >= 0.6 is 0 Å². The van der Waals surface area contributed by atoms with Crippen molar-refractivity contribution in [1.82, 2.24) is 9.97 Å². The van der Waals surface area contributed by atoms with Crippen LogP contribution in [0.3, 0.4) is 0 Å². The van der Waals surface area contributed by atoms with Gasteiger partial charge in [0, 0.05) is 17.8 Å². The number of hydrogen-bond acceptors (Lipinski definition) is 8. The first-order chi connectivity index (χ1) is 15.9. The van der Waals surface area contributed by atoms with Crippen LogP contribution in [0.5, 0.6) is 17.2 Å². The maximum Gasteiger partial charge on any atom is 0.203 e. The first-order valence-electron chi connectivity index (χ1n) is 10.1. The number of nitrogens with one attached hydrogen (secondary N) is 1. The van der Waals surface area contributed by atoms with E-state index in [1.54, 1.807) is 54.6 Å². The maximum atomic E-state index is 13.4. The Morgan fingerprint density at radius 1 is 0.788 bits per heavy atom. The summed E-state index contributed by atoms with van der Waals surface area (Å²) in [5.74, 6) is 1.17. The van der Waals surface area contributed by atoms with Crippen LogP contribution in [-0.2, 0) is 15.6 Å². The molecule has 9 heteroatoms. The molecular formula is C24H23N3O5S. The van der Waals surface area contributed by atoms with E-state index in [2.05, 4.69) is 15.3 Å². The molecule has 1 heterocycles. The van der Waals surface area contributed by atoms with Crippen molar-refractivity contribution >= 4 is 32.4 Å². The molecule has 0 aliphatic rings. The molecule has 0 saturated carbocycles. The summed E-state index contributed by atoms with van der Waals surface area (Å²) in [6.07, 6.45) is 0. The van der Waals surface area contributed by atoms with Crippen LogP contribution in [0.25, 0.3) is 11.0 Å². The van der Waals surface area contributed by atoms with Crippen molar-refractivity contribution in [2.75, 3.05) is 26.6 Å². The largest absolute Gasteiger partial charge is 0.493 e. The zero-order valence-corrected chi connectivity index (χ0v) is 19.2. The molecule has 0 amide bonds. The average molecular weight is 466 g/mol. The molecule has 33 heavy (non-hydrogen) atoms. The summed E-state index contributed by atoms with van der Waals surface area (Å²) in [5.41, 5.74) is 2.21. The number of para-hydroxylation sites is 2. The minimum absolute atomic E-state index is 0.110. The van der Waals surface area contributed by atoms with E-state index < -0.39 is 9.84 Å². The van der Waals surface area contributed by atoms with E-state index in [-0.39, 0.29) is 16.6 Å². The van der Waals surface area contributed by atoms with Crippen LogP contribution in [0.1, 0.15) is 5.56 Å². The molecule has 8 nitrogen and oxygen atoms in total. The molecule has 0 unspecified atom stereocenters. The van der Waals surface area contributed by atoms with Crippen LogP contribution in [0.4, 0.5) is 11.5 Å². The van der Waals surface area contributed by atoms with Crippen molar-refractivity contribution in [2.24, 2.45) is 0 Å². The Kier molecular flexibility index (Phi) is 6.32. The van der Waals surface area contributed by atoms with Gasteiger partial charge >= 0.3 is 0 Å². The number of rotatable bonds is 8. The Morgan fingerprint density at radius 3 is 1.94 bits per heavy atom. The lowest BCUT2D eigenvalue weighted by molar-refractivity contribution is 0.324. The Balaban J connectivity index is 1.84. The van der Waals surface area contributed by atoms with Crippen LogP contribution < -0.4 is 19.5 Å². The van der Waals surface area contributed by atoms with E-state index in [1.165, 1.54) is 21.3 Å². The topological polar surface area (TPSA) is 99.6 Å². The van der Waals surface area contributed by atoms with Crippen molar-refractivity contribution in [3.8, 4) is 17.2 Å². The molecule has 0 fully saturated rings. The van der Waals surface area contributed by atoms with Crippen LogP contribution in [-0.4, -0.2) is 39.7 Å². The second-order valence-electron chi connectivity index (χ2n) is 7.15. The van der Waals surface area contributed by atoms with Gasteiger partial charge in [-0.15, -0.1) is 0 Å². The fourth-order valence-corrected chi connectivity index (χ4v) is 4.83. The molecule has 3 aromatic carbocycles. The highest BCUT2D eigenvalue weighted by atomic mass is 32.2. The number of fused-ring (bicyclic) bond motifs is 1. The van der Waals surface area contributed by atoms with Gasteiger partial charge in [0.15, 0.2) is 22.3 Å². The summed E-state index contributed by atoms with van der Waals surface area (Å²) in [6.45, 7) is 0. The maximum absolute atomic E-state index is 13.4. The Bertz CT molecular complexity index is 1370. The normalized spacial score (nSPS) is 11.2. The van der Waals surface area contributed by atoms with Crippen molar-refractivity contribution in [1.29, 1.82) is 0 Å². The number of nitrogens with zero attached hydrogens (tertiary/aromatic N) is 2. The fourth-order valence-electron chi connectivity index (χ4n) is 3.43. The Morgan fingerprint density at radius 2 is 1.36 bits per heavy atom. The highest BCUT2D eigenvalue weighted by Crippen LogP contribution is 2.41. The fraction of sp³-hybridized carbons (Fsp3) is 0.167. The monoisotopic (exact) mass is 465 g/mol. The number of benzene rings is 3. The van der Waals surface area contributed by atoms with E-state index >= 15 is 0 Å². The first kappa shape index (κ1) is 22.3. The van der Waals surface area contributed by atoms with E-state index in [4.69, 9.17) is 14.2 Å². The number of ether oxygens (including phenoxy) is 3. The predicted octanol–water partition coefficient (Wildman–Crippen LogP) is 4.37. The van der Waals surface area contributed by atoms with Gasteiger partial charge in [0.1, 0.15) is 0 Å². The third kappa shape index (κ3) is 4.68. The van der Waals surface area contributed by atoms with Crippen LogP contribution in [0, 0.1) is 0 Å². The van der Waals surface area contributed by atoms with E-state index in [0.29, 0.717) is 39.5 Å². The first-order valence-corrected chi connectivity index (χ1v) is 11.7. The summed E-state index contributed by atoms with van der Waals surface area (Å²) < 4.78 is 43.0. The molecule has 0 aliphatic carbocycles. The molecule has 0 radical (unpaired) electrons. The zero-order valence-electron chi connectivity index (χ0n) is 18.4. The van der Waals surface area contributed by atoms with Gasteiger partial charge < -0.3 is 19.5 Å². The van der Waals surface area contributed by atoms with Gasteiger partial charge in [-0.2, -0.15) is 0 Å². The highest BCUT2D eigenvalue weighted by Gasteiger charge is 2.24. The van der Waals surface area contributed by atoms with Gasteiger partial charge in [-0.1, -0.05) is 42.5 Å². The summed E-state index contributed by atoms with van der Waals surface area (Å²) in [7, 11) is 0.701. The number of methoxy groups -OCH3 is 3. The number of anilines is 2. The molecule has 0 saturated heterocycles. The van der Waals surface area contributed by atoms with E-state index in [1.807, 2.05) is 12.1 Å². The molecule has 1 aromatic heterocycles. The third-order valence-corrected chi connectivity index (χ3v) is 6.55. The molecule has 4 aromatic rings. The molecule has 0 atom stereocenters. The van der Waals surface area contributed by atoms with Crippen molar-refractivity contribution < 1.29 is 22.6 Å². The lowest BCUT2D eigenvalue weighted by Crippen LogP contribution is -2.12. The van der Waals surface area contributed by atoms with E-state index in [0.717, 1.165) is 0 Å². The number of hydrogen-bond donors (Lipinski definition) is 1. The van der Waals surface area contributed by atoms with Gasteiger partial charge in [-0.05, 0) is 17.7 Å². The minimum Gasteiger partial charge on any atom is -0.493 e. The summed E-state index contributed by atoms with van der Waals surface area (Å²) in [6, 6.07) is 19.4. The highest BCUT2D eigenvalue weighted by molar-refractivity contribution is 7.90. The lowest BCUT2D eigenvalue weighted by Gasteiger charge is -2.16. The van der Waals surface area contributed by atoms with Crippen LogP contribution in [0.15, 0.2) is 71.8 Å². The summed E-state index contributed by atoms with van der Waals surface area (Å²) in [4.78, 5) is 9.02. The second-order valence-corrected chi connectivity index (χ2v) is 9.05. The van der Waals surface area contributed by atoms with Crippen LogP contribution in [0.2, 0.25) is 0 Å². The quantitative estimate of drug-likeness (QED) is 0.409. The summed E-state index contributed by atoms with van der Waals surface area (Å²) in [5, 5.41) is 2.95. The van der Waals surface area contributed by atoms with Gasteiger partial charge in [0.2, 0.25) is 15.6 Å². The smallest absolute Gasteiger partial charge is 0.203 e. The molecular weight excluding hydrogens is 442 g/mol. The molecule has 0 aliphatic heterocycles. The van der Waals surface area contributed by atoms with Crippen molar-refractivity contribution in [3.05, 3.63) is 72.3 Å². The van der Waals surface area contributed by atoms with Crippen molar-refractivity contribution in [2.45, 2.75) is 10.8 Å². The Labute approximate surface area is 192 Å².